The van der Waals surface area contributed by atoms with E-state index in [-0.39, 0.29) is 29.3 Å². The quantitative estimate of drug-likeness (QED) is 0.291. The van der Waals surface area contributed by atoms with E-state index in [1.54, 1.807) is 0 Å². The minimum absolute atomic E-state index is 0.0399. The van der Waals surface area contributed by atoms with Crippen LogP contribution in [0.4, 0.5) is 0 Å². The van der Waals surface area contributed by atoms with Crippen LogP contribution in [-0.2, 0) is 9.53 Å². The Morgan fingerprint density at radius 2 is 1.41 bits per heavy atom. The number of hydrogen-bond donors (Lipinski definition) is 0. The van der Waals surface area contributed by atoms with Crippen molar-refractivity contribution in [1.82, 2.24) is 0 Å². The standard InChI is InChI=1S/C24H31NO4/c1-24(2,3)29-23(26)17-21(19-11-6-4-7-12-19)15-10-16-22(18-25(27)28)20-13-8-5-9-14-20/h4-9,11-14,21-22H,10,15-18H2,1-3H3. The molecule has 2 unspecified atom stereocenters. The second-order valence-corrected chi connectivity index (χ2v) is 8.45. The summed E-state index contributed by atoms with van der Waals surface area (Å²) < 4.78 is 5.51. The maximum absolute atomic E-state index is 12.4. The van der Waals surface area contributed by atoms with Crippen LogP contribution >= 0.6 is 0 Å². The predicted octanol–water partition coefficient (Wildman–Crippen LogP) is 5.73. The van der Waals surface area contributed by atoms with Gasteiger partial charge in [-0.3, -0.25) is 14.9 Å². The minimum Gasteiger partial charge on any atom is -0.460 e. The van der Waals surface area contributed by atoms with Crippen molar-refractivity contribution < 1.29 is 14.5 Å². The number of nitro groups is 1. The van der Waals surface area contributed by atoms with E-state index in [1.807, 2.05) is 81.4 Å². The number of esters is 1. The van der Waals surface area contributed by atoms with Crippen LogP contribution in [0.5, 0.6) is 0 Å². The lowest BCUT2D eigenvalue weighted by Crippen LogP contribution is -2.25. The molecule has 0 radical (unpaired) electrons. The van der Waals surface area contributed by atoms with Crippen molar-refractivity contribution in [2.24, 2.45) is 0 Å². The van der Waals surface area contributed by atoms with E-state index in [4.69, 9.17) is 4.74 Å². The fourth-order valence-corrected chi connectivity index (χ4v) is 3.58. The van der Waals surface area contributed by atoms with Gasteiger partial charge in [0.05, 0.1) is 6.42 Å². The lowest BCUT2D eigenvalue weighted by atomic mass is 9.87. The van der Waals surface area contributed by atoms with Crippen LogP contribution in [0.15, 0.2) is 60.7 Å². The van der Waals surface area contributed by atoms with Crippen molar-refractivity contribution in [3.8, 4) is 0 Å². The van der Waals surface area contributed by atoms with Crippen LogP contribution in [0.1, 0.15) is 69.4 Å². The molecule has 0 N–H and O–H groups in total. The average molecular weight is 398 g/mol. The van der Waals surface area contributed by atoms with Gasteiger partial charge in [0.1, 0.15) is 5.60 Å². The molecule has 5 heteroatoms. The molecule has 0 bridgehead atoms. The van der Waals surface area contributed by atoms with Crippen LogP contribution in [0.2, 0.25) is 0 Å². The summed E-state index contributed by atoms with van der Waals surface area (Å²) in [4.78, 5) is 23.3. The van der Waals surface area contributed by atoms with Crippen molar-refractivity contribution in [2.75, 3.05) is 6.54 Å². The van der Waals surface area contributed by atoms with Crippen molar-refractivity contribution in [1.29, 1.82) is 0 Å². The van der Waals surface area contributed by atoms with Gasteiger partial charge in [-0.1, -0.05) is 67.1 Å². The number of rotatable bonds is 10. The first-order chi connectivity index (χ1) is 13.7. The third-order valence-electron chi connectivity index (χ3n) is 4.85. The Hall–Kier alpha value is -2.69. The maximum Gasteiger partial charge on any atom is 0.306 e. The highest BCUT2D eigenvalue weighted by molar-refractivity contribution is 5.71. The Labute approximate surface area is 173 Å². The Kier molecular flexibility index (Phi) is 8.37. The van der Waals surface area contributed by atoms with E-state index in [0.717, 1.165) is 24.0 Å². The fourth-order valence-electron chi connectivity index (χ4n) is 3.58. The number of nitrogens with zero attached hydrogens (tertiary/aromatic N) is 1. The Morgan fingerprint density at radius 1 is 0.931 bits per heavy atom. The van der Waals surface area contributed by atoms with Gasteiger partial charge < -0.3 is 4.74 Å². The molecule has 0 amide bonds. The van der Waals surface area contributed by atoms with E-state index in [1.165, 1.54) is 0 Å². The van der Waals surface area contributed by atoms with Gasteiger partial charge >= 0.3 is 5.97 Å². The van der Waals surface area contributed by atoms with Gasteiger partial charge in [0, 0.05) is 10.8 Å². The van der Waals surface area contributed by atoms with E-state index < -0.39 is 5.60 Å². The summed E-state index contributed by atoms with van der Waals surface area (Å²) in [5.41, 5.74) is 1.58. The molecule has 0 aliphatic heterocycles. The molecule has 0 heterocycles. The second kappa shape index (κ2) is 10.7. The zero-order valence-corrected chi connectivity index (χ0v) is 17.5. The molecular weight excluding hydrogens is 366 g/mol. The van der Waals surface area contributed by atoms with Gasteiger partial charge in [0.2, 0.25) is 6.54 Å². The molecule has 0 saturated carbocycles. The summed E-state index contributed by atoms with van der Waals surface area (Å²) in [6.45, 7) is 5.52. The summed E-state index contributed by atoms with van der Waals surface area (Å²) in [5.74, 6) is -0.293. The number of carbonyl (C=O) groups excluding carboxylic acids is 1. The largest absolute Gasteiger partial charge is 0.460 e. The van der Waals surface area contributed by atoms with Crippen LogP contribution in [-0.4, -0.2) is 23.0 Å². The number of carbonyl (C=O) groups is 1. The zero-order valence-electron chi connectivity index (χ0n) is 17.5. The van der Waals surface area contributed by atoms with Crippen molar-refractivity contribution >= 4 is 5.97 Å². The molecule has 2 rings (SSSR count). The molecule has 0 aliphatic carbocycles. The first kappa shape index (κ1) is 22.6. The summed E-state index contributed by atoms with van der Waals surface area (Å²) in [6.07, 6.45) is 2.61. The van der Waals surface area contributed by atoms with Gasteiger partial charge in [-0.15, -0.1) is 0 Å². The summed E-state index contributed by atoms with van der Waals surface area (Å²) in [6, 6.07) is 19.6. The first-order valence-electron chi connectivity index (χ1n) is 10.2. The molecule has 0 spiro atoms. The monoisotopic (exact) mass is 397 g/mol. The molecule has 156 valence electrons. The molecule has 0 saturated heterocycles. The molecule has 29 heavy (non-hydrogen) atoms. The zero-order chi connectivity index (χ0) is 21.3. The Morgan fingerprint density at radius 3 is 1.90 bits per heavy atom. The first-order valence-corrected chi connectivity index (χ1v) is 10.2. The number of ether oxygens (including phenoxy) is 1. The third-order valence-corrected chi connectivity index (χ3v) is 4.85. The SMILES string of the molecule is CC(C)(C)OC(=O)CC(CCCC(C[N+](=O)[O-])c1ccccc1)c1ccccc1. The summed E-state index contributed by atoms with van der Waals surface area (Å²) >= 11 is 0. The van der Waals surface area contributed by atoms with Crippen molar-refractivity contribution in [2.45, 2.75) is 63.9 Å². The third kappa shape index (κ3) is 8.46. The summed E-state index contributed by atoms with van der Waals surface area (Å²) in [5, 5.41) is 11.1. The van der Waals surface area contributed by atoms with E-state index in [9.17, 15) is 14.9 Å². The number of hydrogen-bond acceptors (Lipinski definition) is 4. The van der Waals surface area contributed by atoms with Gasteiger partial charge in [0.25, 0.3) is 0 Å². The van der Waals surface area contributed by atoms with Crippen LogP contribution < -0.4 is 0 Å². The Bertz CT molecular complexity index is 768. The van der Waals surface area contributed by atoms with Crippen LogP contribution in [0.3, 0.4) is 0 Å². The maximum atomic E-state index is 12.4. The highest BCUT2D eigenvalue weighted by Crippen LogP contribution is 2.30. The second-order valence-electron chi connectivity index (χ2n) is 8.45. The van der Waals surface area contributed by atoms with Gasteiger partial charge in [-0.25, -0.2) is 0 Å². The van der Waals surface area contributed by atoms with Crippen molar-refractivity contribution in [3.05, 3.63) is 81.9 Å². The molecule has 2 aromatic rings. The van der Waals surface area contributed by atoms with E-state index in [2.05, 4.69) is 0 Å². The highest BCUT2D eigenvalue weighted by atomic mass is 16.6. The average Bonchev–Trinajstić information content (AvgIpc) is 2.66. The van der Waals surface area contributed by atoms with Gasteiger partial charge in [-0.2, -0.15) is 0 Å². The van der Waals surface area contributed by atoms with Gasteiger partial charge in [-0.05, 0) is 50.7 Å². The van der Waals surface area contributed by atoms with E-state index in [0.29, 0.717) is 12.8 Å². The molecule has 2 aromatic carbocycles. The smallest absolute Gasteiger partial charge is 0.306 e. The van der Waals surface area contributed by atoms with Crippen LogP contribution in [0, 0.1) is 10.1 Å². The lowest BCUT2D eigenvalue weighted by Gasteiger charge is -2.23. The van der Waals surface area contributed by atoms with Gasteiger partial charge in [0.15, 0.2) is 0 Å². The number of benzene rings is 2. The topological polar surface area (TPSA) is 69.4 Å². The van der Waals surface area contributed by atoms with E-state index >= 15 is 0 Å². The predicted molar refractivity (Wildman–Crippen MR) is 115 cm³/mol. The van der Waals surface area contributed by atoms with Crippen LogP contribution in [0.25, 0.3) is 0 Å². The molecule has 5 nitrogen and oxygen atoms in total. The lowest BCUT2D eigenvalue weighted by molar-refractivity contribution is -0.483. The molecule has 2 atom stereocenters. The fraction of sp³-hybridized carbons (Fsp3) is 0.458. The minimum atomic E-state index is -0.511. The molecule has 0 aromatic heterocycles. The summed E-state index contributed by atoms with van der Waals surface area (Å²) in [7, 11) is 0. The van der Waals surface area contributed by atoms with Crippen molar-refractivity contribution in [3.63, 3.8) is 0 Å². The molecule has 0 aliphatic rings. The Balaban J connectivity index is 2.04. The molecule has 0 fully saturated rings. The normalized spacial score (nSPS) is 13.5. The molecular formula is C24H31NO4. The highest BCUT2D eigenvalue weighted by Gasteiger charge is 2.23.